The van der Waals surface area contributed by atoms with Gasteiger partial charge >= 0.3 is 0 Å². The van der Waals surface area contributed by atoms with E-state index in [9.17, 15) is 0 Å². The highest BCUT2D eigenvalue weighted by molar-refractivity contribution is 5.80. The summed E-state index contributed by atoms with van der Waals surface area (Å²) >= 11 is 0. The van der Waals surface area contributed by atoms with Crippen molar-refractivity contribution in [3.8, 4) is 11.5 Å². The van der Waals surface area contributed by atoms with Crippen molar-refractivity contribution in [1.29, 1.82) is 0 Å². The van der Waals surface area contributed by atoms with Gasteiger partial charge in [-0.2, -0.15) is 20.1 Å². The summed E-state index contributed by atoms with van der Waals surface area (Å²) in [7, 11) is 0. The molecule has 2 aliphatic heterocycles. The van der Waals surface area contributed by atoms with Gasteiger partial charge in [0, 0.05) is 26.2 Å². The van der Waals surface area contributed by atoms with Crippen LogP contribution in [0.2, 0.25) is 0 Å². The van der Waals surface area contributed by atoms with Crippen LogP contribution in [-0.2, 0) is 9.47 Å². The molecule has 0 aliphatic carbocycles. The molecule has 3 aromatic rings. The zero-order valence-electron chi connectivity index (χ0n) is 18.8. The molecule has 0 radical (unpaired) electrons. The highest BCUT2D eigenvalue weighted by Gasteiger charge is 2.20. The number of ether oxygens (including phenoxy) is 3. The Bertz CT molecular complexity index is 1060. The zero-order chi connectivity index (χ0) is 23.0. The van der Waals surface area contributed by atoms with Gasteiger partial charge in [0.05, 0.1) is 32.6 Å². The Morgan fingerprint density at radius 1 is 0.765 bits per heavy atom. The fourth-order valence-corrected chi connectivity index (χ4v) is 3.66. The lowest BCUT2D eigenvalue weighted by atomic mass is 10.2. The maximum absolute atomic E-state index is 5.90. The Labute approximate surface area is 198 Å². The lowest BCUT2D eigenvalue weighted by Gasteiger charge is -2.30. The molecule has 0 atom stereocenters. The van der Waals surface area contributed by atoms with Crippen molar-refractivity contribution in [2.45, 2.75) is 0 Å². The SMILES string of the molecule is C(=N/Nc1nc(N2CCOCC2)nc(N2CCOCC2)n1)/c1cccc(Oc2ccccc2)c1. The lowest BCUT2D eigenvalue weighted by molar-refractivity contribution is 0.121. The Morgan fingerprint density at radius 3 is 2.03 bits per heavy atom. The van der Waals surface area contributed by atoms with Crippen LogP contribution in [0.5, 0.6) is 11.5 Å². The number of aromatic nitrogens is 3. The van der Waals surface area contributed by atoms with Crippen molar-refractivity contribution in [3.63, 3.8) is 0 Å². The lowest BCUT2D eigenvalue weighted by Crippen LogP contribution is -2.40. The fraction of sp³-hybridized carbons (Fsp3) is 0.333. The van der Waals surface area contributed by atoms with E-state index in [2.05, 4.69) is 30.3 Å². The minimum atomic E-state index is 0.394. The highest BCUT2D eigenvalue weighted by atomic mass is 16.5. The fourth-order valence-electron chi connectivity index (χ4n) is 3.66. The summed E-state index contributed by atoms with van der Waals surface area (Å²) in [5.41, 5.74) is 3.86. The molecule has 2 aliphatic rings. The molecule has 2 saturated heterocycles. The molecule has 0 unspecified atom stereocenters. The first kappa shape index (κ1) is 22.1. The van der Waals surface area contributed by atoms with Crippen LogP contribution >= 0.6 is 0 Å². The van der Waals surface area contributed by atoms with Crippen molar-refractivity contribution in [3.05, 3.63) is 60.2 Å². The van der Waals surface area contributed by atoms with Gasteiger partial charge in [-0.3, -0.25) is 0 Å². The van der Waals surface area contributed by atoms with Gasteiger partial charge in [0.15, 0.2) is 0 Å². The predicted octanol–water partition coefficient (Wildman–Crippen LogP) is 2.78. The number of hydrogen-bond donors (Lipinski definition) is 1. The summed E-state index contributed by atoms with van der Waals surface area (Å²) in [6, 6.07) is 17.4. The molecule has 10 heteroatoms. The molecule has 0 spiro atoms. The Balaban J connectivity index is 1.31. The number of anilines is 3. The normalized spacial score (nSPS) is 16.6. The summed E-state index contributed by atoms with van der Waals surface area (Å²) in [4.78, 5) is 18.1. The molecule has 176 valence electrons. The van der Waals surface area contributed by atoms with Gasteiger partial charge in [-0.25, -0.2) is 5.43 Å². The number of hydrogen-bond acceptors (Lipinski definition) is 10. The molecule has 0 bridgehead atoms. The quantitative estimate of drug-likeness (QED) is 0.421. The second kappa shape index (κ2) is 10.9. The number of nitrogens with one attached hydrogen (secondary N) is 1. The number of rotatable bonds is 7. The topological polar surface area (TPSA) is 97.2 Å². The Morgan fingerprint density at radius 2 is 1.38 bits per heavy atom. The monoisotopic (exact) mass is 461 g/mol. The third-order valence-corrected chi connectivity index (χ3v) is 5.41. The average Bonchev–Trinajstić information content (AvgIpc) is 2.90. The average molecular weight is 462 g/mol. The maximum atomic E-state index is 5.90. The first-order valence-electron chi connectivity index (χ1n) is 11.4. The van der Waals surface area contributed by atoms with Crippen molar-refractivity contribution in [2.75, 3.05) is 67.8 Å². The van der Waals surface area contributed by atoms with Crippen molar-refractivity contribution in [2.24, 2.45) is 5.10 Å². The highest BCUT2D eigenvalue weighted by Crippen LogP contribution is 2.22. The predicted molar refractivity (Wildman–Crippen MR) is 130 cm³/mol. The molecule has 1 aromatic heterocycles. The van der Waals surface area contributed by atoms with Gasteiger partial charge in [0.1, 0.15) is 11.5 Å². The Kier molecular flexibility index (Phi) is 7.07. The van der Waals surface area contributed by atoms with Gasteiger partial charge in [-0.05, 0) is 29.8 Å². The van der Waals surface area contributed by atoms with E-state index in [4.69, 9.17) is 19.2 Å². The standard InChI is InChI=1S/C24H27N7O3/c1-2-6-20(7-3-1)34-21-8-4-5-19(17-21)18-25-29-22-26-23(30-9-13-32-14-10-30)28-24(27-22)31-11-15-33-16-12-31/h1-8,17-18H,9-16H2,(H,26,27,28,29)/b25-18-. The largest absolute Gasteiger partial charge is 0.457 e. The van der Waals surface area contributed by atoms with E-state index in [1.165, 1.54) is 0 Å². The van der Waals surface area contributed by atoms with Crippen LogP contribution in [0.15, 0.2) is 59.7 Å². The van der Waals surface area contributed by atoms with Crippen LogP contribution in [0.1, 0.15) is 5.56 Å². The minimum Gasteiger partial charge on any atom is -0.457 e. The van der Waals surface area contributed by atoms with Crippen molar-refractivity contribution < 1.29 is 14.2 Å². The summed E-state index contributed by atoms with van der Waals surface area (Å²) < 4.78 is 16.8. The summed E-state index contributed by atoms with van der Waals surface area (Å²) in [6.45, 7) is 5.57. The third kappa shape index (κ3) is 5.77. The van der Waals surface area contributed by atoms with Crippen LogP contribution in [0.4, 0.5) is 17.8 Å². The van der Waals surface area contributed by atoms with Crippen LogP contribution in [-0.4, -0.2) is 73.8 Å². The molecule has 10 nitrogen and oxygen atoms in total. The van der Waals surface area contributed by atoms with E-state index in [1.807, 2.05) is 54.6 Å². The number of para-hydroxylation sites is 1. The molecule has 1 N–H and O–H groups in total. The second-order valence-electron chi connectivity index (χ2n) is 7.82. The molecular weight excluding hydrogens is 434 g/mol. The zero-order valence-corrected chi connectivity index (χ0v) is 18.8. The van der Waals surface area contributed by atoms with Crippen molar-refractivity contribution >= 4 is 24.1 Å². The number of hydrazone groups is 1. The molecule has 2 aromatic carbocycles. The molecule has 0 amide bonds. The van der Waals surface area contributed by atoms with Crippen LogP contribution in [0.25, 0.3) is 0 Å². The number of nitrogens with zero attached hydrogens (tertiary/aromatic N) is 6. The molecular formula is C24H27N7O3. The summed E-state index contributed by atoms with van der Waals surface area (Å²) in [6.07, 6.45) is 1.71. The van der Waals surface area contributed by atoms with Gasteiger partial charge in [0.2, 0.25) is 17.8 Å². The Hall–Kier alpha value is -3.76. The van der Waals surface area contributed by atoms with E-state index >= 15 is 0 Å². The maximum Gasteiger partial charge on any atom is 0.250 e. The molecule has 3 heterocycles. The van der Waals surface area contributed by atoms with Gasteiger partial charge in [-0.1, -0.05) is 30.3 Å². The van der Waals surface area contributed by atoms with E-state index < -0.39 is 0 Å². The first-order valence-corrected chi connectivity index (χ1v) is 11.4. The van der Waals surface area contributed by atoms with Crippen LogP contribution in [0.3, 0.4) is 0 Å². The first-order chi connectivity index (χ1) is 16.8. The molecule has 5 rings (SSSR count). The minimum absolute atomic E-state index is 0.394. The smallest absolute Gasteiger partial charge is 0.250 e. The van der Waals surface area contributed by atoms with Crippen LogP contribution < -0.4 is 20.0 Å². The summed E-state index contributed by atoms with van der Waals surface area (Å²) in [5, 5.41) is 4.36. The molecule has 0 saturated carbocycles. The van der Waals surface area contributed by atoms with Crippen LogP contribution in [0, 0.1) is 0 Å². The number of morpholine rings is 2. The third-order valence-electron chi connectivity index (χ3n) is 5.41. The van der Waals surface area contributed by atoms with E-state index in [-0.39, 0.29) is 0 Å². The second-order valence-corrected chi connectivity index (χ2v) is 7.82. The van der Waals surface area contributed by atoms with E-state index in [1.54, 1.807) is 6.21 Å². The van der Waals surface area contributed by atoms with Gasteiger partial charge in [0.25, 0.3) is 0 Å². The summed E-state index contributed by atoms with van der Waals surface area (Å²) in [5.74, 6) is 3.16. The van der Waals surface area contributed by atoms with Gasteiger partial charge < -0.3 is 24.0 Å². The number of benzene rings is 2. The van der Waals surface area contributed by atoms with E-state index in [0.717, 1.165) is 43.2 Å². The molecule has 34 heavy (non-hydrogen) atoms. The van der Waals surface area contributed by atoms with Gasteiger partial charge in [-0.15, -0.1) is 0 Å². The molecule has 2 fully saturated rings. The van der Waals surface area contributed by atoms with Crippen molar-refractivity contribution in [1.82, 2.24) is 15.0 Å². The van der Waals surface area contributed by atoms with E-state index in [0.29, 0.717) is 44.3 Å².